The lowest BCUT2D eigenvalue weighted by molar-refractivity contribution is 0.500. The number of pyridine rings is 1. The highest BCUT2D eigenvalue weighted by molar-refractivity contribution is 7.16. The van der Waals surface area contributed by atoms with Crippen LogP contribution in [0.4, 0.5) is 5.82 Å². The summed E-state index contributed by atoms with van der Waals surface area (Å²) >= 11 is 1.68. The lowest BCUT2D eigenvalue weighted by atomic mass is 9.99. The van der Waals surface area contributed by atoms with Gasteiger partial charge in [-0.2, -0.15) is 9.61 Å². The molecular weight excluding hydrogens is 320 g/mol. The topological polar surface area (TPSA) is 59.2 Å². The third-order valence-corrected chi connectivity index (χ3v) is 5.47. The van der Waals surface area contributed by atoms with Crippen LogP contribution in [0.15, 0.2) is 24.4 Å². The summed E-state index contributed by atoms with van der Waals surface area (Å²) in [6.07, 6.45) is 5.11. The van der Waals surface area contributed by atoms with Crippen LogP contribution in [0.2, 0.25) is 0 Å². The van der Waals surface area contributed by atoms with E-state index in [1.165, 1.54) is 17.8 Å². The highest BCUT2D eigenvalue weighted by Crippen LogP contribution is 2.31. The van der Waals surface area contributed by atoms with Crippen LogP contribution in [-0.2, 0) is 6.42 Å². The molecule has 1 fully saturated rings. The summed E-state index contributed by atoms with van der Waals surface area (Å²) in [5.74, 6) is 3.03. The molecule has 1 atom stereocenters. The molecule has 24 heavy (non-hydrogen) atoms. The van der Waals surface area contributed by atoms with Crippen LogP contribution in [0.5, 0.6) is 0 Å². The molecule has 1 aliphatic rings. The Hall–Kier alpha value is -2.02. The van der Waals surface area contributed by atoms with Crippen molar-refractivity contribution in [1.82, 2.24) is 24.8 Å². The minimum Gasteiger partial charge on any atom is -0.356 e. The first-order valence-electron chi connectivity index (χ1n) is 8.57. The maximum atomic E-state index is 4.84. The van der Waals surface area contributed by atoms with Gasteiger partial charge in [0.2, 0.25) is 4.96 Å². The molecule has 0 N–H and O–H groups in total. The maximum Gasteiger partial charge on any atom is 0.234 e. The third kappa shape index (κ3) is 3.00. The van der Waals surface area contributed by atoms with Crippen LogP contribution in [-0.4, -0.2) is 37.9 Å². The van der Waals surface area contributed by atoms with Crippen molar-refractivity contribution in [3.63, 3.8) is 0 Å². The monoisotopic (exact) mass is 342 g/mol. The van der Waals surface area contributed by atoms with Gasteiger partial charge in [0.15, 0.2) is 5.82 Å². The summed E-state index contributed by atoms with van der Waals surface area (Å²) in [6, 6.07) is 6.10. The first kappa shape index (κ1) is 15.5. The summed E-state index contributed by atoms with van der Waals surface area (Å²) < 4.78 is 1.94. The number of piperidine rings is 1. The Kier molecular flexibility index (Phi) is 4.18. The Labute approximate surface area is 145 Å². The lowest BCUT2D eigenvalue weighted by Gasteiger charge is -2.32. The molecule has 0 aromatic carbocycles. The predicted molar refractivity (Wildman–Crippen MR) is 95.6 cm³/mol. The largest absolute Gasteiger partial charge is 0.356 e. The van der Waals surface area contributed by atoms with Gasteiger partial charge in [0.05, 0.1) is 0 Å². The molecule has 0 unspecified atom stereocenters. The molecule has 1 saturated heterocycles. The first-order valence-corrected chi connectivity index (χ1v) is 9.39. The minimum atomic E-state index is 0.444. The fraction of sp³-hybridized carbons (Fsp3) is 0.529. The molecule has 0 aliphatic carbocycles. The van der Waals surface area contributed by atoms with Crippen molar-refractivity contribution in [1.29, 1.82) is 0 Å². The average molecular weight is 342 g/mol. The fourth-order valence-corrected chi connectivity index (χ4v) is 4.24. The summed E-state index contributed by atoms with van der Waals surface area (Å²) in [5, 5.41) is 14.6. The molecule has 6 nitrogen and oxygen atoms in total. The van der Waals surface area contributed by atoms with Crippen molar-refractivity contribution in [3.8, 4) is 0 Å². The van der Waals surface area contributed by atoms with Crippen LogP contribution < -0.4 is 4.90 Å². The van der Waals surface area contributed by atoms with Crippen LogP contribution in [0, 0.1) is 5.92 Å². The van der Waals surface area contributed by atoms with Crippen molar-refractivity contribution in [2.24, 2.45) is 5.92 Å². The molecule has 4 rings (SSSR count). The smallest absolute Gasteiger partial charge is 0.234 e. The van der Waals surface area contributed by atoms with Gasteiger partial charge in [0.1, 0.15) is 10.8 Å². The van der Waals surface area contributed by atoms with Crippen molar-refractivity contribution in [2.45, 2.75) is 39.0 Å². The predicted octanol–water partition coefficient (Wildman–Crippen LogP) is 3.16. The Morgan fingerprint density at radius 3 is 3.00 bits per heavy atom. The summed E-state index contributed by atoms with van der Waals surface area (Å²) in [7, 11) is 0. The van der Waals surface area contributed by atoms with E-state index in [1.807, 2.05) is 22.8 Å². The second-order valence-electron chi connectivity index (χ2n) is 6.82. The van der Waals surface area contributed by atoms with E-state index in [0.717, 1.165) is 36.1 Å². The van der Waals surface area contributed by atoms with Gasteiger partial charge in [-0.25, -0.2) is 4.98 Å². The van der Waals surface area contributed by atoms with Gasteiger partial charge in [-0.05, 0) is 30.9 Å². The Balaban J connectivity index is 1.57. The fourth-order valence-electron chi connectivity index (χ4n) is 3.26. The summed E-state index contributed by atoms with van der Waals surface area (Å²) in [5.41, 5.74) is 0. The van der Waals surface area contributed by atoms with E-state index >= 15 is 0 Å². The molecule has 0 saturated carbocycles. The van der Waals surface area contributed by atoms with E-state index in [1.54, 1.807) is 11.3 Å². The quantitative estimate of drug-likeness (QED) is 0.729. The highest BCUT2D eigenvalue weighted by atomic mass is 32.1. The van der Waals surface area contributed by atoms with Gasteiger partial charge < -0.3 is 4.90 Å². The molecule has 3 aromatic heterocycles. The van der Waals surface area contributed by atoms with E-state index in [9.17, 15) is 0 Å². The van der Waals surface area contributed by atoms with E-state index in [-0.39, 0.29) is 0 Å². The SMILES string of the molecule is CC(C)Cc1nnc2sc([C@@H]3CCCN(c4ccccn4)C3)nn12. The van der Waals surface area contributed by atoms with E-state index in [4.69, 9.17) is 5.10 Å². The van der Waals surface area contributed by atoms with Crippen LogP contribution in [0.3, 0.4) is 0 Å². The zero-order valence-corrected chi connectivity index (χ0v) is 14.9. The molecular formula is C17H22N6S. The van der Waals surface area contributed by atoms with E-state index in [2.05, 4.69) is 40.0 Å². The van der Waals surface area contributed by atoms with Crippen LogP contribution in [0.1, 0.15) is 43.4 Å². The van der Waals surface area contributed by atoms with Gasteiger partial charge in [-0.3, -0.25) is 0 Å². The maximum absolute atomic E-state index is 4.84. The number of hydrogen-bond donors (Lipinski definition) is 0. The molecule has 3 aromatic rings. The Morgan fingerprint density at radius 2 is 2.21 bits per heavy atom. The summed E-state index contributed by atoms with van der Waals surface area (Å²) in [4.78, 5) is 7.77. The first-order chi connectivity index (χ1) is 11.7. The zero-order chi connectivity index (χ0) is 16.5. The van der Waals surface area contributed by atoms with E-state index < -0.39 is 0 Å². The zero-order valence-electron chi connectivity index (χ0n) is 14.1. The molecule has 7 heteroatoms. The molecule has 0 radical (unpaired) electrons. The average Bonchev–Trinajstić information content (AvgIpc) is 3.18. The number of aromatic nitrogens is 5. The van der Waals surface area contributed by atoms with Gasteiger partial charge in [-0.15, -0.1) is 10.2 Å². The van der Waals surface area contributed by atoms with Gasteiger partial charge >= 0.3 is 0 Å². The molecule has 4 heterocycles. The standard InChI is InChI=1S/C17H22N6S/c1-12(2)10-15-19-20-17-23(15)21-16(24-17)13-6-5-9-22(11-13)14-7-3-4-8-18-14/h3-4,7-8,12-13H,5-6,9-11H2,1-2H3/t13-/m1/s1. The summed E-state index contributed by atoms with van der Waals surface area (Å²) in [6.45, 7) is 6.43. The minimum absolute atomic E-state index is 0.444. The Morgan fingerprint density at radius 1 is 1.29 bits per heavy atom. The number of anilines is 1. The highest BCUT2D eigenvalue weighted by Gasteiger charge is 2.26. The second kappa shape index (κ2) is 6.47. The normalized spacial score (nSPS) is 18.6. The van der Waals surface area contributed by atoms with E-state index in [0.29, 0.717) is 11.8 Å². The van der Waals surface area contributed by atoms with Crippen molar-refractivity contribution < 1.29 is 0 Å². The molecule has 126 valence electrons. The lowest BCUT2D eigenvalue weighted by Crippen LogP contribution is -2.34. The van der Waals surface area contributed by atoms with Crippen LogP contribution >= 0.6 is 11.3 Å². The van der Waals surface area contributed by atoms with Gasteiger partial charge in [-0.1, -0.05) is 31.3 Å². The second-order valence-corrected chi connectivity index (χ2v) is 7.81. The number of rotatable bonds is 4. The molecule has 0 bridgehead atoms. The van der Waals surface area contributed by atoms with Crippen molar-refractivity contribution >= 4 is 22.1 Å². The van der Waals surface area contributed by atoms with Gasteiger partial charge in [0, 0.05) is 31.6 Å². The van der Waals surface area contributed by atoms with Crippen molar-refractivity contribution in [3.05, 3.63) is 35.2 Å². The Bertz CT molecular complexity index is 809. The van der Waals surface area contributed by atoms with Gasteiger partial charge in [0.25, 0.3) is 0 Å². The number of hydrogen-bond acceptors (Lipinski definition) is 6. The number of fused-ring (bicyclic) bond motifs is 1. The molecule has 1 aliphatic heterocycles. The molecule has 0 spiro atoms. The third-order valence-electron chi connectivity index (χ3n) is 4.41. The van der Waals surface area contributed by atoms with Crippen LogP contribution in [0.25, 0.3) is 4.96 Å². The number of nitrogens with zero attached hydrogens (tertiary/aromatic N) is 6. The molecule has 0 amide bonds. The van der Waals surface area contributed by atoms with Crippen molar-refractivity contribution in [2.75, 3.05) is 18.0 Å².